The van der Waals surface area contributed by atoms with Gasteiger partial charge in [0, 0.05) is 4.88 Å². The van der Waals surface area contributed by atoms with Gasteiger partial charge in [-0.3, -0.25) is 4.79 Å². The number of benzene rings is 1. The Labute approximate surface area is 183 Å². The van der Waals surface area contributed by atoms with Crippen molar-refractivity contribution < 1.29 is 28.4 Å². The Kier molecular flexibility index (Phi) is 6.86. The first-order chi connectivity index (χ1) is 14.8. The molecule has 3 rings (SSSR count). The first kappa shape index (κ1) is 22.2. The van der Waals surface area contributed by atoms with E-state index in [9.17, 15) is 14.4 Å². The zero-order valence-electron chi connectivity index (χ0n) is 17.6. The van der Waals surface area contributed by atoms with Crippen molar-refractivity contribution in [3.05, 3.63) is 59.0 Å². The van der Waals surface area contributed by atoms with E-state index in [1.165, 1.54) is 18.3 Å². The summed E-state index contributed by atoms with van der Waals surface area (Å²) >= 11 is 1.24. The quantitative estimate of drug-likeness (QED) is 0.541. The Hall–Kier alpha value is -3.46. The Balaban J connectivity index is 1.80. The van der Waals surface area contributed by atoms with Crippen LogP contribution >= 0.6 is 11.3 Å². The molecule has 1 amide bonds. The predicted molar refractivity (Wildman–Crippen MR) is 115 cm³/mol. The number of aromatic nitrogens is 1. The minimum absolute atomic E-state index is 0.189. The van der Waals surface area contributed by atoms with Crippen LogP contribution in [0.15, 0.2) is 40.9 Å². The fraction of sp³-hybridized carbons (Fsp3) is 0.273. The number of rotatable bonds is 7. The highest BCUT2D eigenvalue weighted by atomic mass is 32.1. The molecule has 0 saturated heterocycles. The van der Waals surface area contributed by atoms with Crippen LogP contribution < -0.4 is 5.32 Å². The van der Waals surface area contributed by atoms with E-state index in [0.717, 1.165) is 10.4 Å². The third kappa shape index (κ3) is 5.00. The number of aryl methyl sites for hydroxylation is 2. The van der Waals surface area contributed by atoms with Gasteiger partial charge in [0.05, 0.1) is 17.9 Å². The Morgan fingerprint density at radius 2 is 1.87 bits per heavy atom. The largest absolute Gasteiger partial charge is 0.462 e. The third-order valence-electron chi connectivity index (χ3n) is 4.41. The average Bonchev–Trinajstić information content (AvgIpc) is 3.31. The van der Waals surface area contributed by atoms with Gasteiger partial charge in [-0.15, -0.1) is 11.3 Å². The predicted octanol–water partition coefficient (Wildman–Crippen LogP) is 4.38. The molecule has 0 aliphatic heterocycles. The molecule has 0 spiro atoms. The van der Waals surface area contributed by atoms with Crippen LogP contribution in [0.2, 0.25) is 0 Å². The molecule has 162 valence electrons. The van der Waals surface area contributed by atoms with Crippen molar-refractivity contribution >= 4 is 34.2 Å². The maximum Gasteiger partial charge on any atom is 0.344 e. The zero-order chi connectivity index (χ0) is 22.5. The fourth-order valence-electron chi connectivity index (χ4n) is 2.85. The van der Waals surface area contributed by atoms with Gasteiger partial charge in [0.25, 0.3) is 5.91 Å². The van der Waals surface area contributed by atoms with Crippen molar-refractivity contribution in [1.29, 1.82) is 0 Å². The number of carbonyl (C=O) groups is 3. The summed E-state index contributed by atoms with van der Waals surface area (Å²) in [6.45, 7) is 6.55. The van der Waals surface area contributed by atoms with Crippen molar-refractivity contribution in [2.24, 2.45) is 0 Å². The first-order valence-corrected chi connectivity index (χ1v) is 10.4. The van der Waals surface area contributed by atoms with Crippen molar-refractivity contribution in [2.45, 2.75) is 33.8 Å². The highest BCUT2D eigenvalue weighted by molar-refractivity contribution is 7.20. The smallest absolute Gasteiger partial charge is 0.344 e. The Bertz CT molecular complexity index is 1080. The van der Waals surface area contributed by atoms with Gasteiger partial charge in [0.15, 0.2) is 6.10 Å². The average molecular weight is 442 g/mol. The molecule has 3 aromatic rings. The molecular weight excluding hydrogens is 420 g/mol. The van der Waals surface area contributed by atoms with Crippen LogP contribution in [0.25, 0.3) is 10.4 Å². The molecule has 1 atom stereocenters. The zero-order valence-corrected chi connectivity index (χ0v) is 18.4. The molecule has 1 N–H and O–H groups in total. The highest BCUT2D eigenvalue weighted by Crippen LogP contribution is 2.36. The molecule has 2 aromatic heterocycles. The molecule has 9 heteroatoms. The van der Waals surface area contributed by atoms with E-state index in [0.29, 0.717) is 16.5 Å². The minimum atomic E-state index is -1.11. The van der Waals surface area contributed by atoms with Crippen LogP contribution in [-0.2, 0) is 14.3 Å². The monoisotopic (exact) mass is 442 g/mol. The molecule has 8 nitrogen and oxygen atoms in total. The molecule has 31 heavy (non-hydrogen) atoms. The summed E-state index contributed by atoms with van der Waals surface area (Å²) < 4.78 is 15.3. The second-order valence-electron chi connectivity index (χ2n) is 6.68. The maximum atomic E-state index is 12.7. The van der Waals surface area contributed by atoms with E-state index in [1.807, 2.05) is 30.3 Å². The van der Waals surface area contributed by atoms with E-state index >= 15 is 0 Å². The number of esters is 2. The van der Waals surface area contributed by atoms with Gasteiger partial charge in [-0.2, -0.15) is 0 Å². The van der Waals surface area contributed by atoms with Gasteiger partial charge in [-0.25, -0.2) is 9.59 Å². The summed E-state index contributed by atoms with van der Waals surface area (Å²) in [4.78, 5) is 38.3. The number of anilines is 1. The Morgan fingerprint density at radius 1 is 1.16 bits per heavy atom. The molecule has 0 saturated carbocycles. The van der Waals surface area contributed by atoms with Crippen molar-refractivity contribution in [3.8, 4) is 10.4 Å². The molecule has 0 aliphatic rings. The lowest BCUT2D eigenvalue weighted by Gasteiger charge is -2.13. The normalized spacial score (nSPS) is 11.6. The number of hydrogen-bond donors (Lipinski definition) is 1. The van der Waals surface area contributed by atoms with Gasteiger partial charge in [0.2, 0.25) is 0 Å². The molecule has 0 radical (unpaired) electrons. The van der Waals surface area contributed by atoms with Crippen LogP contribution in [0, 0.1) is 13.8 Å². The molecule has 2 heterocycles. The van der Waals surface area contributed by atoms with E-state index in [1.54, 1.807) is 26.8 Å². The maximum absolute atomic E-state index is 12.7. The molecular formula is C22H22N2O6S. The topological polar surface area (TPSA) is 108 Å². The number of amides is 1. The molecule has 1 unspecified atom stereocenters. The summed E-state index contributed by atoms with van der Waals surface area (Å²) in [7, 11) is 0. The number of ether oxygens (including phenoxy) is 2. The lowest BCUT2D eigenvalue weighted by atomic mass is 10.1. The molecule has 0 fully saturated rings. The van der Waals surface area contributed by atoms with E-state index in [2.05, 4.69) is 10.5 Å². The number of thiophene rings is 1. The lowest BCUT2D eigenvalue weighted by Crippen LogP contribution is -2.30. The summed E-state index contributed by atoms with van der Waals surface area (Å²) in [6.07, 6.45) is -1.11. The summed E-state index contributed by atoms with van der Waals surface area (Å²) in [5, 5.41) is 6.71. The van der Waals surface area contributed by atoms with Crippen LogP contribution in [0.4, 0.5) is 5.00 Å². The van der Waals surface area contributed by atoms with Gasteiger partial charge < -0.3 is 19.3 Å². The minimum Gasteiger partial charge on any atom is -0.462 e. The number of hydrogen-bond acceptors (Lipinski definition) is 8. The second-order valence-corrected chi connectivity index (χ2v) is 7.73. The van der Waals surface area contributed by atoms with Crippen molar-refractivity contribution in [2.75, 3.05) is 11.9 Å². The summed E-state index contributed by atoms with van der Waals surface area (Å²) in [5.41, 5.74) is 1.71. The number of nitrogens with zero attached hydrogens (tertiary/aromatic N) is 1. The lowest BCUT2D eigenvalue weighted by molar-refractivity contribution is -0.123. The number of nitrogens with one attached hydrogen (secondary N) is 1. The fourth-order valence-corrected chi connectivity index (χ4v) is 3.90. The van der Waals surface area contributed by atoms with Crippen molar-refractivity contribution in [3.63, 3.8) is 0 Å². The second kappa shape index (κ2) is 9.57. The highest BCUT2D eigenvalue weighted by Gasteiger charge is 2.26. The van der Waals surface area contributed by atoms with Crippen LogP contribution in [0.5, 0.6) is 0 Å². The summed E-state index contributed by atoms with van der Waals surface area (Å²) in [6, 6.07) is 11.1. The van der Waals surface area contributed by atoms with Gasteiger partial charge in [-0.05, 0) is 39.3 Å². The van der Waals surface area contributed by atoms with E-state index in [-0.39, 0.29) is 17.7 Å². The standard InChI is InChI=1S/C22H22N2O6S/c1-5-28-21(26)16-11-17(15-9-7-6-8-10-15)31-20(16)23-19(25)14(4)29-22(27)18-12(2)24-30-13(18)3/h6-11,14H,5H2,1-4H3,(H,23,25). The molecule has 0 aliphatic carbocycles. The SMILES string of the molecule is CCOC(=O)c1cc(-c2ccccc2)sc1NC(=O)C(C)OC(=O)c1c(C)noc1C. The van der Waals surface area contributed by atoms with Gasteiger partial charge in [-0.1, -0.05) is 35.5 Å². The first-order valence-electron chi connectivity index (χ1n) is 9.62. The summed E-state index contributed by atoms with van der Waals surface area (Å²) in [5.74, 6) is -1.52. The third-order valence-corrected chi connectivity index (χ3v) is 5.51. The Morgan fingerprint density at radius 3 is 2.48 bits per heavy atom. The van der Waals surface area contributed by atoms with E-state index < -0.39 is 23.9 Å². The molecule has 0 bridgehead atoms. The van der Waals surface area contributed by atoms with Crippen LogP contribution in [0.3, 0.4) is 0 Å². The van der Waals surface area contributed by atoms with E-state index in [4.69, 9.17) is 14.0 Å². The van der Waals surface area contributed by atoms with Gasteiger partial charge in [0.1, 0.15) is 16.3 Å². The molecule has 1 aromatic carbocycles. The van der Waals surface area contributed by atoms with Crippen LogP contribution in [0.1, 0.15) is 46.0 Å². The van der Waals surface area contributed by atoms with Crippen molar-refractivity contribution in [1.82, 2.24) is 5.16 Å². The number of carbonyl (C=O) groups excluding carboxylic acids is 3. The van der Waals surface area contributed by atoms with Crippen LogP contribution in [-0.4, -0.2) is 35.7 Å². The van der Waals surface area contributed by atoms with Gasteiger partial charge >= 0.3 is 11.9 Å².